The molecule has 0 fully saturated rings. The third kappa shape index (κ3) is 3.50. The lowest BCUT2D eigenvalue weighted by molar-refractivity contribution is 0.102. The number of fused-ring (bicyclic) bond motifs is 1. The molecule has 0 radical (unpaired) electrons. The topological polar surface area (TPSA) is 60.5 Å². The highest BCUT2D eigenvalue weighted by atomic mass is 79.9. The lowest BCUT2D eigenvalue weighted by Gasteiger charge is -2.09. The maximum absolute atomic E-state index is 12.5. The highest BCUT2D eigenvalue weighted by molar-refractivity contribution is 9.10. The highest BCUT2D eigenvalue weighted by Gasteiger charge is 2.18. The molecule has 0 spiro atoms. The quantitative estimate of drug-likeness (QED) is 0.582. The first-order valence-electron chi connectivity index (χ1n) is 8.15. The van der Waals surface area contributed by atoms with Gasteiger partial charge in [0.1, 0.15) is 5.82 Å². The van der Waals surface area contributed by atoms with Gasteiger partial charge in [-0.05, 0) is 42.8 Å². The molecule has 2 heterocycles. The molecule has 1 aromatic heterocycles. The number of pyridine rings is 1. The second-order valence-electron chi connectivity index (χ2n) is 6.01. The number of carbonyl (C=O) groups is 1. The van der Waals surface area contributed by atoms with Gasteiger partial charge in [0.15, 0.2) is 11.5 Å². The molecule has 0 saturated carbocycles. The van der Waals surface area contributed by atoms with Crippen molar-refractivity contribution >= 4 is 39.3 Å². The van der Waals surface area contributed by atoms with Crippen molar-refractivity contribution in [2.24, 2.45) is 0 Å². The van der Waals surface area contributed by atoms with Crippen LogP contribution in [0.4, 0.5) is 5.82 Å². The van der Waals surface area contributed by atoms with E-state index in [0.717, 1.165) is 21.2 Å². The number of rotatable bonds is 3. The molecule has 4 rings (SSSR count). The van der Waals surface area contributed by atoms with E-state index in [-0.39, 0.29) is 12.7 Å². The van der Waals surface area contributed by atoms with Gasteiger partial charge < -0.3 is 14.8 Å². The van der Waals surface area contributed by atoms with Crippen LogP contribution in [0.25, 0.3) is 11.1 Å². The van der Waals surface area contributed by atoms with Crippen LogP contribution in [0.3, 0.4) is 0 Å². The zero-order valence-electron chi connectivity index (χ0n) is 14.3. The molecule has 136 valence electrons. The van der Waals surface area contributed by atoms with Gasteiger partial charge in [-0.3, -0.25) is 4.79 Å². The van der Waals surface area contributed by atoms with E-state index in [1.807, 2.05) is 31.2 Å². The third-order valence-electron chi connectivity index (χ3n) is 4.21. The zero-order chi connectivity index (χ0) is 19.0. The minimum Gasteiger partial charge on any atom is -0.454 e. The second-order valence-corrected chi connectivity index (χ2v) is 7.24. The molecule has 3 aromatic rings. The zero-order valence-corrected chi connectivity index (χ0v) is 16.6. The number of anilines is 1. The van der Waals surface area contributed by atoms with Crippen LogP contribution in [0.1, 0.15) is 15.9 Å². The number of amides is 1. The molecule has 2 aromatic carbocycles. The summed E-state index contributed by atoms with van der Waals surface area (Å²) >= 11 is 9.76. The first-order valence-corrected chi connectivity index (χ1v) is 9.32. The fourth-order valence-electron chi connectivity index (χ4n) is 2.77. The van der Waals surface area contributed by atoms with Crippen LogP contribution < -0.4 is 14.8 Å². The number of hydrogen-bond donors (Lipinski definition) is 1. The number of aromatic nitrogens is 1. The Morgan fingerprint density at radius 2 is 1.96 bits per heavy atom. The Balaban J connectivity index is 1.56. The summed E-state index contributed by atoms with van der Waals surface area (Å²) in [7, 11) is 0. The fourth-order valence-corrected chi connectivity index (χ4v) is 3.54. The second kappa shape index (κ2) is 7.21. The number of halogens is 2. The number of nitrogens with zero attached hydrogens (tertiary/aromatic N) is 1. The fraction of sp³-hybridized carbons (Fsp3) is 0.100. The van der Waals surface area contributed by atoms with Crippen LogP contribution >= 0.6 is 27.5 Å². The lowest BCUT2D eigenvalue weighted by atomic mass is 10.1. The molecule has 1 N–H and O–H groups in total. The predicted molar refractivity (Wildman–Crippen MR) is 108 cm³/mol. The first kappa shape index (κ1) is 17.8. The van der Waals surface area contributed by atoms with Crippen LogP contribution in [0.15, 0.2) is 53.1 Å². The Morgan fingerprint density at radius 1 is 1.19 bits per heavy atom. The minimum atomic E-state index is -0.298. The molecule has 0 aliphatic carbocycles. The van der Waals surface area contributed by atoms with Crippen molar-refractivity contribution in [3.63, 3.8) is 0 Å². The molecule has 0 bridgehead atoms. The van der Waals surface area contributed by atoms with Crippen LogP contribution in [0.2, 0.25) is 5.02 Å². The van der Waals surface area contributed by atoms with Crippen molar-refractivity contribution in [3.05, 3.63) is 69.3 Å². The molecule has 5 nitrogen and oxygen atoms in total. The van der Waals surface area contributed by atoms with Crippen LogP contribution in [0, 0.1) is 6.92 Å². The summed E-state index contributed by atoms with van der Waals surface area (Å²) in [6.07, 6.45) is 1.69. The summed E-state index contributed by atoms with van der Waals surface area (Å²) in [5, 5.41) is 3.21. The average molecular weight is 446 g/mol. The van der Waals surface area contributed by atoms with Gasteiger partial charge in [-0.25, -0.2) is 4.98 Å². The van der Waals surface area contributed by atoms with E-state index in [0.29, 0.717) is 27.9 Å². The summed E-state index contributed by atoms with van der Waals surface area (Å²) in [5.41, 5.74) is 3.07. The van der Waals surface area contributed by atoms with Gasteiger partial charge in [0.25, 0.3) is 5.91 Å². The van der Waals surface area contributed by atoms with Gasteiger partial charge in [0.2, 0.25) is 6.79 Å². The molecule has 0 unspecified atom stereocenters. The number of hydrogen-bond acceptors (Lipinski definition) is 4. The summed E-state index contributed by atoms with van der Waals surface area (Å²) in [6.45, 7) is 2.07. The Kier molecular flexibility index (Phi) is 4.76. The SMILES string of the molecule is Cc1cccc(C(=O)Nc2ccc(-c3cc4c(cc3Br)OCO4)cn2)c1Cl. The van der Waals surface area contributed by atoms with E-state index in [9.17, 15) is 4.79 Å². The Hall–Kier alpha value is -2.57. The highest BCUT2D eigenvalue weighted by Crippen LogP contribution is 2.41. The molecule has 1 amide bonds. The van der Waals surface area contributed by atoms with Crippen molar-refractivity contribution in [1.29, 1.82) is 0 Å². The summed E-state index contributed by atoms with van der Waals surface area (Å²) in [4.78, 5) is 16.8. The van der Waals surface area contributed by atoms with Crippen LogP contribution in [-0.2, 0) is 0 Å². The standard InChI is InChI=1S/C20H14BrClN2O3/c1-11-3-2-4-13(19(11)22)20(25)24-18-6-5-12(9-23-18)14-7-16-17(8-15(14)21)27-10-26-16/h2-9H,10H2,1H3,(H,23,24,25). The number of benzene rings is 2. The van der Waals surface area contributed by atoms with E-state index >= 15 is 0 Å². The Bertz CT molecular complexity index is 1040. The summed E-state index contributed by atoms with van der Waals surface area (Å²) in [6, 6.07) is 12.7. The van der Waals surface area contributed by atoms with Crippen molar-refractivity contribution in [2.75, 3.05) is 12.1 Å². The smallest absolute Gasteiger partial charge is 0.258 e. The minimum absolute atomic E-state index is 0.218. The first-order chi connectivity index (χ1) is 13.0. The number of ether oxygens (including phenoxy) is 2. The van der Waals surface area contributed by atoms with E-state index in [2.05, 4.69) is 26.2 Å². The number of carbonyl (C=O) groups excluding carboxylic acids is 1. The maximum Gasteiger partial charge on any atom is 0.258 e. The Morgan fingerprint density at radius 3 is 2.70 bits per heavy atom. The van der Waals surface area contributed by atoms with Gasteiger partial charge in [-0.1, -0.05) is 39.7 Å². The van der Waals surface area contributed by atoms with Gasteiger partial charge >= 0.3 is 0 Å². The van der Waals surface area contributed by atoms with Gasteiger partial charge in [0.05, 0.1) is 10.6 Å². The van der Waals surface area contributed by atoms with E-state index in [4.69, 9.17) is 21.1 Å². The summed E-state index contributed by atoms with van der Waals surface area (Å²) in [5.74, 6) is 1.54. The molecule has 1 aliphatic heterocycles. The van der Waals surface area contributed by atoms with Crippen molar-refractivity contribution in [1.82, 2.24) is 4.98 Å². The monoisotopic (exact) mass is 444 g/mol. The van der Waals surface area contributed by atoms with Gasteiger partial charge in [-0.15, -0.1) is 0 Å². The van der Waals surface area contributed by atoms with Crippen molar-refractivity contribution in [3.8, 4) is 22.6 Å². The van der Waals surface area contributed by atoms with Crippen molar-refractivity contribution < 1.29 is 14.3 Å². The average Bonchev–Trinajstić information content (AvgIpc) is 3.11. The normalized spacial score (nSPS) is 12.1. The number of aryl methyl sites for hydroxylation is 1. The Labute approximate surface area is 169 Å². The molecular weight excluding hydrogens is 432 g/mol. The molecule has 1 aliphatic rings. The molecule has 0 saturated heterocycles. The summed E-state index contributed by atoms with van der Waals surface area (Å²) < 4.78 is 11.7. The number of nitrogens with one attached hydrogen (secondary N) is 1. The van der Waals surface area contributed by atoms with Gasteiger partial charge in [0, 0.05) is 21.8 Å². The van der Waals surface area contributed by atoms with Crippen molar-refractivity contribution in [2.45, 2.75) is 6.92 Å². The maximum atomic E-state index is 12.5. The van der Waals surface area contributed by atoms with E-state index < -0.39 is 0 Å². The van der Waals surface area contributed by atoms with Gasteiger partial charge in [-0.2, -0.15) is 0 Å². The third-order valence-corrected chi connectivity index (χ3v) is 5.37. The van der Waals surface area contributed by atoms with Crippen LogP contribution in [0.5, 0.6) is 11.5 Å². The molecular formula is C20H14BrClN2O3. The molecule has 7 heteroatoms. The lowest BCUT2D eigenvalue weighted by Crippen LogP contribution is -2.13. The van der Waals surface area contributed by atoms with E-state index in [1.54, 1.807) is 24.4 Å². The largest absolute Gasteiger partial charge is 0.454 e. The predicted octanol–water partition coefficient (Wildman–Crippen LogP) is 5.45. The van der Waals surface area contributed by atoms with E-state index in [1.165, 1.54) is 0 Å². The van der Waals surface area contributed by atoms with Crippen LogP contribution in [-0.4, -0.2) is 17.7 Å². The molecule has 27 heavy (non-hydrogen) atoms. The molecule has 0 atom stereocenters.